The van der Waals surface area contributed by atoms with Crippen LogP contribution in [0.3, 0.4) is 0 Å². The van der Waals surface area contributed by atoms with E-state index in [0.29, 0.717) is 9.80 Å². The smallest absolute Gasteiger partial charge is 0.146 e. The van der Waals surface area contributed by atoms with E-state index in [-0.39, 0.29) is 41.5 Å². The Labute approximate surface area is 189 Å². The third-order valence-corrected chi connectivity index (χ3v) is 4.79. The summed E-state index contributed by atoms with van der Waals surface area (Å²) in [5.74, 6) is 0. The van der Waals surface area contributed by atoms with E-state index < -0.39 is 12.2 Å². The van der Waals surface area contributed by atoms with Gasteiger partial charge in [0.2, 0.25) is 0 Å². The second kappa shape index (κ2) is 9.31. The topological polar surface area (TPSA) is 86.7 Å². The van der Waals surface area contributed by atoms with Gasteiger partial charge in [-0.15, -0.1) is 0 Å². The zero-order valence-electron chi connectivity index (χ0n) is 13.3. The SMILES string of the molecule is O=C([O-])N(/C=C/N(C(=O)[O-])c1c(Cl)cc(Cl)cc1Cl)c1c(Cl)cc(Cl)cc1Cl. The number of hydrogen-bond acceptors (Lipinski definition) is 4. The molecule has 0 fully saturated rings. The predicted octanol–water partition coefficient (Wildman–Crippen LogP) is 5.08. The summed E-state index contributed by atoms with van der Waals surface area (Å²) in [7, 11) is 0. The van der Waals surface area contributed by atoms with Crippen LogP contribution in [-0.2, 0) is 0 Å². The van der Waals surface area contributed by atoms with Crippen molar-refractivity contribution in [1.82, 2.24) is 0 Å². The quantitative estimate of drug-likeness (QED) is 0.583. The first kappa shape index (κ1) is 22.7. The van der Waals surface area contributed by atoms with Gasteiger partial charge in [0.1, 0.15) is 12.2 Å². The van der Waals surface area contributed by atoms with Crippen LogP contribution < -0.4 is 20.0 Å². The van der Waals surface area contributed by atoms with Gasteiger partial charge in [-0.1, -0.05) is 69.6 Å². The van der Waals surface area contributed by atoms with Crippen LogP contribution in [-0.4, -0.2) is 12.2 Å². The zero-order chi connectivity index (χ0) is 21.2. The fourth-order valence-corrected chi connectivity index (χ4v) is 4.11. The highest BCUT2D eigenvalue weighted by atomic mass is 35.5. The van der Waals surface area contributed by atoms with E-state index in [2.05, 4.69) is 0 Å². The predicted molar refractivity (Wildman–Crippen MR) is 108 cm³/mol. The van der Waals surface area contributed by atoms with Gasteiger partial charge in [0, 0.05) is 22.4 Å². The van der Waals surface area contributed by atoms with Gasteiger partial charge in [0.05, 0.1) is 31.5 Å². The summed E-state index contributed by atoms with van der Waals surface area (Å²) < 4.78 is 0. The molecule has 12 heteroatoms. The molecular formula is C16H6Cl6N2O4-2. The Morgan fingerprint density at radius 3 is 1.11 bits per heavy atom. The number of carbonyl (C=O) groups excluding carboxylic acids is 2. The van der Waals surface area contributed by atoms with E-state index in [9.17, 15) is 19.8 Å². The molecule has 2 aromatic carbocycles. The van der Waals surface area contributed by atoms with Crippen LogP contribution in [0.4, 0.5) is 21.0 Å². The van der Waals surface area contributed by atoms with Crippen LogP contribution in [0.2, 0.25) is 30.1 Å². The molecule has 0 radical (unpaired) electrons. The number of benzene rings is 2. The van der Waals surface area contributed by atoms with Crippen LogP contribution >= 0.6 is 69.6 Å². The maximum absolute atomic E-state index is 11.5. The summed E-state index contributed by atoms with van der Waals surface area (Å²) >= 11 is 35.6. The Kier molecular flexibility index (Phi) is 7.56. The minimum Gasteiger partial charge on any atom is -0.529 e. The van der Waals surface area contributed by atoms with Crippen molar-refractivity contribution in [1.29, 1.82) is 0 Å². The van der Waals surface area contributed by atoms with Gasteiger partial charge >= 0.3 is 0 Å². The van der Waals surface area contributed by atoms with Crippen LogP contribution in [0.5, 0.6) is 0 Å². The molecular weight excluding hydrogens is 497 g/mol. The molecule has 28 heavy (non-hydrogen) atoms. The van der Waals surface area contributed by atoms with E-state index in [1.165, 1.54) is 24.3 Å². The van der Waals surface area contributed by atoms with Gasteiger partial charge < -0.3 is 19.8 Å². The monoisotopic (exact) mass is 500 g/mol. The third kappa shape index (κ3) is 5.08. The molecule has 0 heterocycles. The summed E-state index contributed by atoms with van der Waals surface area (Å²) in [4.78, 5) is 24.1. The zero-order valence-corrected chi connectivity index (χ0v) is 17.8. The summed E-state index contributed by atoms with van der Waals surface area (Å²) in [5.41, 5.74) is -0.397. The second-order valence-corrected chi connectivity index (χ2v) is 7.51. The van der Waals surface area contributed by atoms with Gasteiger partial charge in [-0.25, -0.2) is 0 Å². The lowest BCUT2D eigenvalue weighted by molar-refractivity contribution is -0.247. The van der Waals surface area contributed by atoms with E-state index in [1.807, 2.05) is 0 Å². The number of rotatable bonds is 4. The van der Waals surface area contributed by atoms with Gasteiger partial charge in [0.25, 0.3) is 0 Å². The average Bonchev–Trinajstić information content (AvgIpc) is 2.53. The molecule has 0 aliphatic carbocycles. The van der Waals surface area contributed by atoms with Crippen molar-refractivity contribution in [2.45, 2.75) is 0 Å². The maximum atomic E-state index is 11.5. The van der Waals surface area contributed by atoms with Crippen molar-refractivity contribution >= 4 is 93.2 Å². The van der Waals surface area contributed by atoms with Crippen LogP contribution in [0.1, 0.15) is 0 Å². The highest BCUT2D eigenvalue weighted by molar-refractivity contribution is 6.43. The van der Waals surface area contributed by atoms with E-state index in [4.69, 9.17) is 69.6 Å². The lowest BCUT2D eigenvalue weighted by atomic mass is 10.3. The second-order valence-electron chi connectivity index (χ2n) is 5.01. The fraction of sp³-hybridized carbons (Fsp3) is 0. The van der Waals surface area contributed by atoms with Crippen molar-refractivity contribution in [3.63, 3.8) is 0 Å². The van der Waals surface area contributed by atoms with E-state index in [1.54, 1.807) is 0 Å². The minimum atomic E-state index is -1.76. The van der Waals surface area contributed by atoms with Gasteiger partial charge in [-0.3, -0.25) is 9.80 Å². The Hall–Kier alpha value is -1.54. The van der Waals surface area contributed by atoms with E-state index in [0.717, 1.165) is 12.4 Å². The molecule has 0 aliphatic rings. The average molecular weight is 503 g/mol. The molecule has 6 nitrogen and oxygen atoms in total. The van der Waals surface area contributed by atoms with E-state index >= 15 is 0 Å². The number of nitrogens with zero attached hydrogens (tertiary/aromatic N) is 2. The van der Waals surface area contributed by atoms with Gasteiger partial charge in [-0.2, -0.15) is 0 Å². The first-order valence-corrected chi connectivity index (χ1v) is 9.27. The molecule has 0 unspecified atom stereocenters. The Morgan fingerprint density at radius 2 is 0.893 bits per heavy atom. The first-order chi connectivity index (χ1) is 13.0. The lowest BCUT2D eigenvalue weighted by Crippen LogP contribution is -2.41. The lowest BCUT2D eigenvalue weighted by Gasteiger charge is -2.27. The molecule has 0 saturated carbocycles. The highest BCUT2D eigenvalue weighted by Gasteiger charge is 2.18. The largest absolute Gasteiger partial charge is 0.529 e. The van der Waals surface area contributed by atoms with Crippen LogP contribution in [0, 0.1) is 0 Å². The van der Waals surface area contributed by atoms with Crippen molar-refractivity contribution in [2.24, 2.45) is 0 Å². The number of halogens is 6. The van der Waals surface area contributed by atoms with Crippen LogP contribution in [0.25, 0.3) is 0 Å². The number of hydrogen-bond donors (Lipinski definition) is 0. The summed E-state index contributed by atoms with van der Waals surface area (Å²) in [6.07, 6.45) is -1.89. The Bertz CT molecular complexity index is 858. The molecule has 0 N–H and O–H groups in total. The number of anilines is 2. The Morgan fingerprint density at radius 1 is 0.643 bits per heavy atom. The summed E-state index contributed by atoms with van der Waals surface area (Å²) in [6, 6.07) is 4.99. The van der Waals surface area contributed by atoms with Crippen molar-refractivity contribution in [2.75, 3.05) is 9.80 Å². The van der Waals surface area contributed by atoms with Crippen molar-refractivity contribution in [3.05, 3.63) is 66.8 Å². The van der Waals surface area contributed by atoms with Crippen molar-refractivity contribution in [3.8, 4) is 0 Å². The summed E-state index contributed by atoms with van der Waals surface area (Å²) in [5, 5.41) is 23.0. The molecule has 2 aromatic rings. The summed E-state index contributed by atoms with van der Waals surface area (Å²) in [6.45, 7) is 0. The number of carbonyl (C=O) groups is 2. The normalized spacial score (nSPS) is 10.9. The number of carboxylic acid groups (broad SMARTS) is 2. The van der Waals surface area contributed by atoms with Gasteiger partial charge in [-0.05, 0) is 24.3 Å². The first-order valence-electron chi connectivity index (χ1n) is 7.00. The third-order valence-electron chi connectivity index (χ3n) is 3.20. The highest BCUT2D eigenvalue weighted by Crippen LogP contribution is 2.38. The van der Waals surface area contributed by atoms with Gasteiger partial charge in [0.15, 0.2) is 0 Å². The molecule has 0 saturated heterocycles. The number of amides is 2. The minimum absolute atomic E-state index is 0.117. The fourth-order valence-electron chi connectivity index (χ4n) is 2.12. The molecule has 0 spiro atoms. The molecule has 0 aliphatic heterocycles. The molecule has 0 aromatic heterocycles. The molecule has 0 bridgehead atoms. The molecule has 2 amide bonds. The molecule has 2 rings (SSSR count). The molecule has 0 atom stereocenters. The maximum Gasteiger partial charge on any atom is 0.146 e. The molecule has 148 valence electrons. The van der Waals surface area contributed by atoms with Crippen LogP contribution in [0.15, 0.2) is 36.7 Å². The Balaban J connectivity index is 2.55. The van der Waals surface area contributed by atoms with Crippen molar-refractivity contribution < 1.29 is 19.8 Å². The standard InChI is InChI=1S/C16H8Cl6N2O4/c17-7-3-9(19)13(10(20)4-7)23(15(25)26)1-2-24(16(27)28)14-11(21)5-8(18)6-12(14)22/h1-6H,(H,25,26)(H,27,28)/p-2/b2-1+.